The third kappa shape index (κ3) is 3.77. The van der Waals surface area contributed by atoms with Gasteiger partial charge < -0.3 is 4.74 Å². The molecule has 0 amide bonds. The molecule has 1 atom stereocenters. The fourth-order valence-corrected chi connectivity index (χ4v) is 2.42. The summed E-state index contributed by atoms with van der Waals surface area (Å²) in [5, 5.41) is 5.24. The van der Waals surface area contributed by atoms with E-state index >= 15 is 0 Å². The topological polar surface area (TPSA) is 44.1 Å². The van der Waals surface area contributed by atoms with Crippen LogP contribution in [0.5, 0.6) is 5.75 Å². The van der Waals surface area contributed by atoms with Crippen LogP contribution in [0.25, 0.3) is 0 Å². The summed E-state index contributed by atoms with van der Waals surface area (Å²) in [6, 6.07) is 6.96. The lowest BCUT2D eigenvalue weighted by atomic mass is 10.1. The molecule has 112 valence electrons. The number of carbonyl (C=O) groups excluding carboxylic acids is 1. The first-order chi connectivity index (χ1) is 9.88. The van der Waals surface area contributed by atoms with Crippen molar-refractivity contribution in [3.05, 3.63) is 45.7 Å². The monoisotopic (exact) mass is 326 g/mol. The molecule has 0 aliphatic carbocycles. The summed E-state index contributed by atoms with van der Waals surface area (Å²) < 4.78 is 7.17. The van der Waals surface area contributed by atoms with E-state index in [-0.39, 0.29) is 12.2 Å². The lowest BCUT2D eigenvalue weighted by molar-refractivity contribution is -0.124. The SMILES string of the molecule is Cc1nn(C)c(Cl)c1CC(=O)C(C)Oc1cccc(Cl)c1. The number of aromatic nitrogens is 2. The number of ketones is 1. The second-order valence-electron chi connectivity index (χ2n) is 4.84. The number of benzene rings is 1. The van der Waals surface area contributed by atoms with Gasteiger partial charge in [-0.3, -0.25) is 9.48 Å². The molecule has 0 N–H and O–H groups in total. The van der Waals surface area contributed by atoms with Crippen molar-refractivity contribution in [3.63, 3.8) is 0 Å². The van der Waals surface area contributed by atoms with Crippen LogP contribution in [-0.2, 0) is 18.3 Å². The van der Waals surface area contributed by atoms with Crippen molar-refractivity contribution in [1.82, 2.24) is 9.78 Å². The van der Waals surface area contributed by atoms with Crippen LogP contribution in [0, 0.1) is 6.92 Å². The summed E-state index contributed by atoms with van der Waals surface area (Å²) in [5.41, 5.74) is 1.50. The third-order valence-electron chi connectivity index (χ3n) is 3.18. The number of hydrogen-bond acceptors (Lipinski definition) is 3. The highest BCUT2D eigenvalue weighted by Crippen LogP contribution is 2.22. The Morgan fingerprint density at radius 3 is 2.71 bits per heavy atom. The maximum atomic E-state index is 12.3. The van der Waals surface area contributed by atoms with Crippen LogP contribution in [0.1, 0.15) is 18.2 Å². The number of aryl methyl sites for hydroxylation is 2. The summed E-state index contributed by atoms with van der Waals surface area (Å²) in [4.78, 5) is 12.3. The predicted octanol–water partition coefficient (Wildman–Crippen LogP) is 3.61. The van der Waals surface area contributed by atoms with Gasteiger partial charge in [-0.1, -0.05) is 29.3 Å². The molecule has 0 saturated carbocycles. The van der Waals surface area contributed by atoms with E-state index < -0.39 is 6.10 Å². The van der Waals surface area contributed by atoms with Crippen molar-refractivity contribution in [1.29, 1.82) is 0 Å². The van der Waals surface area contributed by atoms with Crippen molar-refractivity contribution in [2.45, 2.75) is 26.4 Å². The van der Waals surface area contributed by atoms with E-state index in [4.69, 9.17) is 27.9 Å². The van der Waals surface area contributed by atoms with Gasteiger partial charge in [-0.2, -0.15) is 5.10 Å². The minimum atomic E-state index is -0.584. The molecular weight excluding hydrogens is 311 g/mol. The maximum absolute atomic E-state index is 12.3. The summed E-state index contributed by atoms with van der Waals surface area (Å²) in [5.74, 6) is 0.505. The first kappa shape index (κ1) is 15.9. The Balaban J connectivity index is 2.06. The minimum absolute atomic E-state index is 0.0621. The Morgan fingerprint density at radius 1 is 1.43 bits per heavy atom. The van der Waals surface area contributed by atoms with Crippen molar-refractivity contribution in [2.24, 2.45) is 7.05 Å². The molecule has 1 unspecified atom stereocenters. The van der Waals surface area contributed by atoms with Crippen LogP contribution in [0.15, 0.2) is 24.3 Å². The highest BCUT2D eigenvalue weighted by atomic mass is 35.5. The molecule has 0 radical (unpaired) electrons. The van der Waals surface area contributed by atoms with Crippen molar-refractivity contribution in [3.8, 4) is 5.75 Å². The van der Waals surface area contributed by atoms with Gasteiger partial charge in [-0.15, -0.1) is 0 Å². The van der Waals surface area contributed by atoms with E-state index in [9.17, 15) is 4.79 Å². The van der Waals surface area contributed by atoms with E-state index in [1.807, 2.05) is 6.92 Å². The molecule has 4 nitrogen and oxygen atoms in total. The fraction of sp³-hybridized carbons (Fsp3) is 0.333. The quantitative estimate of drug-likeness (QED) is 0.842. The lowest BCUT2D eigenvalue weighted by Crippen LogP contribution is -2.25. The second-order valence-corrected chi connectivity index (χ2v) is 5.63. The van der Waals surface area contributed by atoms with E-state index in [2.05, 4.69) is 5.10 Å². The Hall–Kier alpha value is -1.52. The van der Waals surface area contributed by atoms with Crippen molar-refractivity contribution >= 4 is 29.0 Å². The third-order valence-corrected chi connectivity index (χ3v) is 3.89. The van der Waals surface area contributed by atoms with Gasteiger partial charge in [0.25, 0.3) is 0 Å². The molecule has 1 aromatic carbocycles. The van der Waals surface area contributed by atoms with E-state index in [1.54, 1.807) is 42.9 Å². The average molecular weight is 327 g/mol. The molecule has 0 fully saturated rings. The molecular formula is C15H16Cl2N2O2. The van der Waals surface area contributed by atoms with Crippen molar-refractivity contribution in [2.75, 3.05) is 0 Å². The van der Waals surface area contributed by atoms with Gasteiger partial charge in [-0.25, -0.2) is 0 Å². The first-order valence-electron chi connectivity index (χ1n) is 6.51. The Morgan fingerprint density at radius 2 is 2.14 bits per heavy atom. The smallest absolute Gasteiger partial charge is 0.177 e. The number of rotatable bonds is 5. The van der Waals surface area contributed by atoms with E-state index in [0.717, 1.165) is 11.3 Å². The maximum Gasteiger partial charge on any atom is 0.177 e. The average Bonchev–Trinajstić information content (AvgIpc) is 2.65. The molecule has 21 heavy (non-hydrogen) atoms. The molecule has 2 aromatic rings. The summed E-state index contributed by atoms with van der Waals surface area (Å²) >= 11 is 12.0. The molecule has 0 aliphatic heterocycles. The molecule has 6 heteroatoms. The van der Waals surface area contributed by atoms with Gasteiger partial charge in [-0.05, 0) is 32.0 Å². The molecule has 1 aromatic heterocycles. The highest BCUT2D eigenvalue weighted by molar-refractivity contribution is 6.31. The summed E-state index contributed by atoms with van der Waals surface area (Å²) in [6.45, 7) is 3.54. The molecule has 0 spiro atoms. The Kier molecular flexibility index (Phi) is 4.91. The largest absolute Gasteiger partial charge is 0.483 e. The van der Waals surface area contributed by atoms with Crippen LogP contribution in [0.4, 0.5) is 0 Å². The van der Waals surface area contributed by atoms with Crippen LogP contribution in [0.2, 0.25) is 10.2 Å². The molecule has 0 saturated heterocycles. The number of halogens is 2. The molecule has 0 aliphatic rings. The number of ether oxygens (including phenoxy) is 1. The predicted molar refractivity (Wildman–Crippen MR) is 83.2 cm³/mol. The van der Waals surface area contributed by atoms with Crippen LogP contribution in [0.3, 0.4) is 0 Å². The normalized spacial score (nSPS) is 12.2. The number of nitrogens with zero attached hydrogens (tertiary/aromatic N) is 2. The molecule has 2 rings (SSSR count). The molecule has 0 bridgehead atoms. The number of Topliss-reactive ketones (excluding diaryl/α,β-unsaturated/α-hetero) is 1. The molecule has 1 heterocycles. The first-order valence-corrected chi connectivity index (χ1v) is 7.27. The van der Waals surface area contributed by atoms with Gasteiger partial charge in [0.1, 0.15) is 10.9 Å². The second kappa shape index (κ2) is 6.50. The van der Waals surface area contributed by atoms with E-state index in [1.165, 1.54) is 0 Å². The zero-order chi connectivity index (χ0) is 15.6. The Bertz CT molecular complexity index is 668. The zero-order valence-corrected chi connectivity index (χ0v) is 13.6. The van der Waals surface area contributed by atoms with Gasteiger partial charge in [0.15, 0.2) is 11.9 Å². The van der Waals surface area contributed by atoms with Gasteiger partial charge in [0.2, 0.25) is 0 Å². The van der Waals surface area contributed by atoms with Gasteiger partial charge >= 0.3 is 0 Å². The lowest BCUT2D eigenvalue weighted by Gasteiger charge is -2.13. The summed E-state index contributed by atoms with van der Waals surface area (Å²) in [7, 11) is 1.75. The van der Waals surface area contributed by atoms with Crippen LogP contribution >= 0.6 is 23.2 Å². The minimum Gasteiger partial charge on any atom is -0.483 e. The van der Waals surface area contributed by atoms with Gasteiger partial charge in [0.05, 0.1) is 5.69 Å². The van der Waals surface area contributed by atoms with Crippen LogP contribution < -0.4 is 4.74 Å². The van der Waals surface area contributed by atoms with E-state index in [0.29, 0.717) is 15.9 Å². The van der Waals surface area contributed by atoms with Crippen molar-refractivity contribution < 1.29 is 9.53 Å². The fourth-order valence-electron chi connectivity index (χ4n) is 2.00. The summed E-state index contributed by atoms with van der Waals surface area (Å²) in [6.07, 6.45) is -0.389. The van der Waals surface area contributed by atoms with Gasteiger partial charge in [0, 0.05) is 24.1 Å². The van der Waals surface area contributed by atoms with Crippen LogP contribution in [-0.4, -0.2) is 21.7 Å². The number of hydrogen-bond donors (Lipinski definition) is 0. The number of carbonyl (C=O) groups is 1. The standard InChI is InChI=1S/C15H16Cl2N2O2/c1-9-13(15(17)19(3)18-9)8-14(20)10(2)21-12-6-4-5-11(16)7-12/h4-7,10H,8H2,1-3H3. The zero-order valence-electron chi connectivity index (χ0n) is 12.1. The Labute approximate surface area is 133 Å². The highest BCUT2D eigenvalue weighted by Gasteiger charge is 2.20.